The summed E-state index contributed by atoms with van der Waals surface area (Å²) in [4.78, 5) is 15.3. The summed E-state index contributed by atoms with van der Waals surface area (Å²) in [6.07, 6.45) is 6.98. The van der Waals surface area contributed by atoms with Crippen LogP contribution in [0.2, 0.25) is 0 Å². The highest BCUT2D eigenvalue weighted by Crippen LogP contribution is 2.12. The van der Waals surface area contributed by atoms with Gasteiger partial charge in [0.1, 0.15) is 5.75 Å². The fourth-order valence-corrected chi connectivity index (χ4v) is 1.66. The SMILES string of the molecule is C=CC(/C=C/C(=O)NCCc1cccc(OC)c1)=C\N=C. The topological polar surface area (TPSA) is 50.7 Å². The maximum atomic E-state index is 11.7. The molecule has 4 heteroatoms. The number of hydrogen-bond acceptors (Lipinski definition) is 3. The summed E-state index contributed by atoms with van der Waals surface area (Å²) in [7, 11) is 1.63. The number of hydrogen-bond donors (Lipinski definition) is 1. The molecular weight excluding hydrogens is 264 g/mol. The van der Waals surface area contributed by atoms with E-state index in [2.05, 4.69) is 23.6 Å². The third-order valence-corrected chi connectivity index (χ3v) is 2.75. The van der Waals surface area contributed by atoms with Crippen molar-refractivity contribution in [2.24, 2.45) is 4.99 Å². The van der Waals surface area contributed by atoms with Gasteiger partial charge in [-0.1, -0.05) is 24.8 Å². The number of amides is 1. The predicted octanol–water partition coefficient (Wildman–Crippen LogP) is 2.68. The van der Waals surface area contributed by atoms with Gasteiger partial charge in [0, 0.05) is 18.8 Å². The maximum absolute atomic E-state index is 11.7. The van der Waals surface area contributed by atoms with E-state index in [0.717, 1.165) is 23.3 Å². The molecule has 4 nitrogen and oxygen atoms in total. The predicted molar refractivity (Wildman–Crippen MR) is 86.7 cm³/mol. The van der Waals surface area contributed by atoms with E-state index in [4.69, 9.17) is 4.74 Å². The zero-order chi connectivity index (χ0) is 15.5. The number of aliphatic imine (C=N–C) groups is 1. The van der Waals surface area contributed by atoms with Crippen molar-refractivity contribution in [1.82, 2.24) is 5.32 Å². The van der Waals surface area contributed by atoms with Crippen LogP contribution >= 0.6 is 0 Å². The molecule has 0 aliphatic heterocycles. The van der Waals surface area contributed by atoms with Crippen molar-refractivity contribution in [1.29, 1.82) is 0 Å². The van der Waals surface area contributed by atoms with Crippen LogP contribution in [0.4, 0.5) is 0 Å². The molecule has 0 unspecified atom stereocenters. The van der Waals surface area contributed by atoms with Gasteiger partial charge in [-0.25, -0.2) is 0 Å². The van der Waals surface area contributed by atoms with E-state index in [-0.39, 0.29) is 5.91 Å². The standard InChI is InChI=1S/C17H20N2O2/c1-4-14(13-18-2)8-9-17(20)19-11-10-15-6-5-7-16(12-15)21-3/h4-9,12-13H,1-2,10-11H2,3H3,(H,19,20)/b9-8+,14-13+. The molecule has 0 aromatic heterocycles. The molecule has 0 fully saturated rings. The Morgan fingerprint density at radius 3 is 2.90 bits per heavy atom. The first-order valence-corrected chi connectivity index (χ1v) is 6.57. The lowest BCUT2D eigenvalue weighted by molar-refractivity contribution is -0.116. The second kappa shape index (κ2) is 9.31. The highest BCUT2D eigenvalue weighted by Gasteiger charge is 1.98. The molecule has 0 bridgehead atoms. The lowest BCUT2D eigenvalue weighted by Gasteiger charge is -2.05. The third kappa shape index (κ3) is 6.38. The second-order valence-electron chi connectivity index (χ2n) is 4.24. The molecule has 1 rings (SSSR count). The molecule has 0 radical (unpaired) electrons. The van der Waals surface area contributed by atoms with E-state index in [1.165, 1.54) is 12.3 Å². The van der Waals surface area contributed by atoms with Gasteiger partial charge in [0.2, 0.25) is 5.91 Å². The average Bonchev–Trinajstić information content (AvgIpc) is 2.51. The van der Waals surface area contributed by atoms with Gasteiger partial charge in [0.25, 0.3) is 0 Å². The van der Waals surface area contributed by atoms with E-state index in [1.807, 2.05) is 24.3 Å². The maximum Gasteiger partial charge on any atom is 0.244 e. The van der Waals surface area contributed by atoms with Gasteiger partial charge in [-0.3, -0.25) is 9.79 Å². The molecule has 0 saturated heterocycles. The normalized spacial score (nSPS) is 11.2. The van der Waals surface area contributed by atoms with Gasteiger partial charge < -0.3 is 10.1 Å². The minimum absolute atomic E-state index is 0.158. The van der Waals surface area contributed by atoms with E-state index < -0.39 is 0 Å². The number of carbonyl (C=O) groups is 1. The molecule has 0 atom stereocenters. The second-order valence-corrected chi connectivity index (χ2v) is 4.24. The van der Waals surface area contributed by atoms with Crippen LogP contribution in [0.25, 0.3) is 0 Å². The van der Waals surface area contributed by atoms with Crippen LogP contribution in [-0.4, -0.2) is 26.3 Å². The first-order chi connectivity index (χ1) is 10.2. The van der Waals surface area contributed by atoms with Crippen molar-refractivity contribution in [2.75, 3.05) is 13.7 Å². The highest BCUT2D eigenvalue weighted by atomic mass is 16.5. The van der Waals surface area contributed by atoms with Crippen LogP contribution in [0, 0.1) is 0 Å². The van der Waals surface area contributed by atoms with Gasteiger partial charge in [0.05, 0.1) is 7.11 Å². The Labute approximate surface area is 125 Å². The molecule has 0 spiro atoms. The van der Waals surface area contributed by atoms with Gasteiger partial charge in [0.15, 0.2) is 0 Å². The Morgan fingerprint density at radius 2 is 2.24 bits per heavy atom. The van der Waals surface area contributed by atoms with Crippen molar-refractivity contribution in [3.8, 4) is 5.75 Å². The smallest absolute Gasteiger partial charge is 0.244 e. The number of methoxy groups -OCH3 is 1. The molecule has 21 heavy (non-hydrogen) atoms. The summed E-state index contributed by atoms with van der Waals surface area (Å²) in [5.41, 5.74) is 1.84. The summed E-state index contributed by atoms with van der Waals surface area (Å²) in [6.45, 7) is 7.54. The highest BCUT2D eigenvalue weighted by molar-refractivity contribution is 5.88. The zero-order valence-corrected chi connectivity index (χ0v) is 12.2. The molecule has 110 valence electrons. The number of carbonyl (C=O) groups excluding carboxylic acids is 1. The van der Waals surface area contributed by atoms with Crippen LogP contribution < -0.4 is 10.1 Å². The van der Waals surface area contributed by atoms with Crippen molar-refractivity contribution in [3.63, 3.8) is 0 Å². The Hall–Kier alpha value is -2.62. The lowest BCUT2D eigenvalue weighted by Crippen LogP contribution is -2.23. The zero-order valence-electron chi connectivity index (χ0n) is 12.2. The molecule has 1 aromatic carbocycles. The Balaban J connectivity index is 2.43. The first kappa shape index (κ1) is 16.4. The van der Waals surface area contributed by atoms with E-state index in [0.29, 0.717) is 6.54 Å². The van der Waals surface area contributed by atoms with E-state index >= 15 is 0 Å². The fraction of sp³-hybridized carbons (Fsp3) is 0.176. The number of nitrogens with zero attached hydrogens (tertiary/aromatic N) is 1. The van der Waals surface area contributed by atoms with Crippen molar-refractivity contribution < 1.29 is 9.53 Å². The van der Waals surface area contributed by atoms with Gasteiger partial charge in [-0.05, 0) is 42.5 Å². The summed E-state index contributed by atoms with van der Waals surface area (Å²) in [5.74, 6) is 0.658. The summed E-state index contributed by atoms with van der Waals surface area (Å²) < 4.78 is 5.15. The first-order valence-electron chi connectivity index (χ1n) is 6.57. The summed E-state index contributed by atoms with van der Waals surface area (Å²) >= 11 is 0. The van der Waals surface area contributed by atoms with Gasteiger partial charge in [-0.2, -0.15) is 0 Å². The van der Waals surface area contributed by atoms with Gasteiger partial charge in [-0.15, -0.1) is 0 Å². The molecule has 0 aliphatic rings. The van der Waals surface area contributed by atoms with Crippen LogP contribution in [0.15, 0.2) is 65.8 Å². The van der Waals surface area contributed by atoms with Crippen molar-refractivity contribution >= 4 is 12.6 Å². The summed E-state index contributed by atoms with van der Waals surface area (Å²) in [6, 6.07) is 7.77. The van der Waals surface area contributed by atoms with E-state index in [9.17, 15) is 4.79 Å². The quantitative estimate of drug-likeness (QED) is 0.453. The number of nitrogens with one attached hydrogen (secondary N) is 1. The van der Waals surface area contributed by atoms with Crippen LogP contribution in [0.1, 0.15) is 5.56 Å². The Bertz CT molecular complexity index is 560. The molecule has 0 aliphatic carbocycles. The largest absolute Gasteiger partial charge is 0.497 e. The van der Waals surface area contributed by atoms with Crippen LogP contribution in [0.3, 0.4) is 0 Å². The van der Waals surface area contributed by atoms with Crippen molar-refractivity contribution in [2.45, 2.75) is 6.42 Å². The monoisotopic (exact) mass is 284 g/mol. The lowest BCUT2D eigenvalue weighted by atomic mass is 10.1. The molecular formula is C17H20N2O2. The number of ether oxygens (including phenoxy) is 1. The van der Waals surface area contributed by atoms with Crippen LogP contribution in [0.5, 0.6) is 5.75 Å². The minimum Gasteiger partial charge on any atom is -0.497 e. The molecule has 0 saturated carbocycles. The minimum atomic E-state index is -0.158. The van der Waals surface area contributed by atoms with Crippen molar-refractivity contribution in [3.05, 3.63) is 66.4 Å². The summed E-state index contributed by atoms with van der Waals surface area (Å²) in [5, 5.41) is 2.82. The Kier molecular flexibility index (Phi) is 7.29. The van der Waals surface area contributed by atoms with Gasteiger partial charge >= 0.3 is 0 Å². The Morgan fingerprint density at radius 1 is 1.43 bits per heavy atom. The van der Waals surface area contributed by atoms with E-state index in [1.54, 1.807) is 19.3 Å². The fourth-order valence-electron chi connectivity index (χ4n) is 1.66. The molecule has 1 aromatic rings. The number of allylic oxidation sites excluding steroid dienone is 3. The molecule has 1 N–H and O–H groups in total. The van der Waals surface area contributed by atoms with Crippen LogP contribution in [-0.2, 0) is 11.2 Å². The number of benzene rings is 1. The molecule has 1 amide bonds. The molecule has 0 heterocycles. The average molecular weight is 284 g/mol. The third-order valence-electron chi connectivity index (χ3n) is 2.75. The number of rotatable bonds is 8.